The van der Waals surface area contributed by atoms with Gasteiger partial charge in [0.25, 0.3) is 0 Å². The van der Waals surface area contributed by atoms with Gasteiger partial charge in [0.2, 0.25) is 0 Å². The molecule has 0 saturated carbocycles. The van der Waals surface area contributed by atoms with Gasteiger partial charge in [-0.1, -0.05) is 12.1 Å². The summed E-state index contributed by atoms with van der Waals surface area (Å²) >= 11 is 5.79. The van der Waals surface area contributed by atoms with Crippen LogP contribution in [-0.2, 0) is 5.88 Å². The van der Waals surface area contributed by atoms with E-state index in [-0.39, 0.29) is 0 Å². The second-order valence-electron chi connectivity index (χ2n) is 3.68. The fraction of sp³-hybridized carbons (Fsp3) is 0.250. The minimum atomic E-state index is 0.463. The van der Waals surface area contributed by atoms with Crippen molar-refractivity contribution < 1.29 is 0 Å². The maximum Gasteiger partial charge on any atom is 0.0805 e. The maximum atomic E-state index is 5.79. The number of rotatable bonds is 2. The van der Waals surface area contributed by atoms with E-state index in [4.69, 9.17) is 11.6 Å². The van der Waals surface area contributed by atoms with Crippen LogP contribution in [0.2, 0.25) is 0 Å². The molecule has 2 aromatic rings. The van der Waals surface area contributed by atoms with Crippen molar-refractivity contribution in [3.8, 4) is 5.69 Å². The Morgan fingerprint density at radius 3 is 2.73 bits per heavy atom. The Labute approximate surface area is 94.5 Å². The Balaban J connectivity index is 2.45. The smallest absolute Gasteiger partial charge is 0.0805 e. The fourth-order valence-electron chi connectivity index (χ4n) is 1.53. The van der Waals surface area contributed by atoms with Gasteiger partial charge in [-0.25, -0.2) is 4.68 Å². The van der Waals surface area contributed by atoms with Gasteiger partial charge in [-0.05, 0) is 37.1 Å². The lowest BCUT2D eigenvalue weighted by Gasteiger charge is -2.01. The molecule has 78 valence electrons. The summed E-state index contributed by atoms with van der Waals surface area (Å²) < 4.78 is 1.88. The summed E-state index contributed by atoms with van der Waals surface area (Å²) in [6, 6.07) is 8.24. The highest BCUT2D eigenvalue weighted by molar-refractivity contribution is 6.16. The molecular weight excluding hydrogens is 208 g/mol. The molecule has 0 unspecified atom stereocenters. The lowest BCUT2D eigenvalue weighted by Crippen LogP contribution is -1.95. The van der Waals surface area contributed by atoms with Crippen LogP contribution in [0.5, 0.6) is 0 Å². The second-order valence-corrected chi connectivity index (χ2v) is 3.94. The van der Waals surface area contributed by atoms with Gasteiger partial charge in [0.15, 0.2) is 0 Å². The number of hydrogen-bond donors (Lipinski definition) is 0. The normalized spacial score (nSPS) is 10.6. The van der Waals surface area contributed by atoms with Crippen LogP contribution in [0.4, 0.5) is 0 Å². The fourth-order valence-corrected chi connectivity index (χ4v) is 1.79. The lowest BCUT2D eigenvalue weighted by molar-refractivity contribution is 0.857. The Hall–Kier alpha value is -1.28. The van der Waals surface area contributed by atoms with Crippen LogP contribution in [0, 0.1) is 13.8 Å². The van der Waals surface area contributed by atoms with Gasteiger partial charge < -0.3 is 0 Å². The zero-order valence-corrected chi connectivity index (χ0v) is 9.62. The SMILES string of the molecule is Cc1cccc(-n2cc(C)c(CCl)n2)c1. The summed E-state index contributed by atoms with van der Waals surface area (Å²) in [5.41, 5.74) is 4.38. The molecule has 1 aromatic heterocycles. The molecule has 3 heteroatoms. The van der Waals surface area contributed by atoms with Gasteiger partial charge in [-0.3, -0.25) is 0 Å². The first-order chi connectivity index (χ1) is 7.20. The number of benzene rings is 1. The predicted molar refractivity (Wildman–Crippen MR) is 62.6 cm³/mol. The second kappa shape index (κ2) is 4.07. The van der Waals surface area contributed by atoms with E-state index in [9.17, 15) is 0 Å². The highest BCUT2D eigenvalue weighted by atomic mass is 35.5. The Morgan fingerprint density at radius 1 is 1.33 bits per heavy atom. The van der Waals surface area contributed by atoms with E-state index >= 15 is 0 Å². The highest BCUT2D eigenvalue weighted by Gasteiger charge is 2.04. The van der Waals surface area contributed by atoms with E-state index in [1.54, 1.807) is 0 Å². The number of aryl methyl sites for hydroxylation is 2. The van der Waals surface area contributed by atoms with E-state index in [1.165, 1.54) is 5.56 Å². The summed E-state index contributed by atoms with van der Waals surface area (Å²) in [6.45, 7) is 4.10. The molecule has 2 rings (SSSR count). The molecule has 0 fully saturated rings. The average molecular weight is 221 g/mol. The van der Waals surface area contributed by atoms with E-state index < -0.39 is 0 Å². The first kappa shape index (κ1) is 10.2. The van der Waals surface area contributed by atoms with Crippen LogP contribution >= 0.6 is 11.6 Å². The Kier molecular flexibility index (Phi) is 2.78. The monoisotopic (exact) mass is 220 g/mol. The Morgan fingerprint density at radius 2 is 2.13 bits per heavy atom. The van der Waals surface area contributed by atoms with Crippen LogP contribution < -0.4 is 0 Å². The van der Waals surface area contributed by atoms with Gasteiger partial charge >= 0.3 is 0 Å². The first-order valence-corrected chi connectivity index (χ1v) is 5.42. The van der Waals surface area contributed by atoms with Gasteiger partial charge in [-0.15, -0.1) is 11.6 Å². The highest BCUT2D eigenvalue weighted by Crippen LogP contribution is 2.14. The van der Waals surface area contributed by atoms with Crippen LogP contribution in [0.3, 0.4) is 0 Å². The van der Waals surface area contributed by atoms with Gasteiger partial charge in [0.1, 0.15) is 0 Å². The van der Waals surface area contributed by atoms with Crippen molar-refractivity contribution in [1.82, 2.24) is 9.78 Å². The molecule has 0 aliphatic rings. The van der Waals surface area contributed by atoms with Crippen molar-refractivity contribution in [3.63, 3.8) is 0 Å². The van der Waals surface area contributed by atoms with E-state index in [2.05, 4.69) is 24.2 Å². The van der Waals surface area contributed by atoms with E-state index in [0.29, 0.717) is 5.88 Å². The minimum Gasteiger partial charge on any atom is -0.240 e. The first-order valence-electron chi connectivity index (χ1n) is 4.89. The van der Waals surface area contributed by atoms with Crippen molar-refractivity contribution in [2.24, 2.45) is 0 Å². The summed E-state index contributed by atoms with van der Waals surface area (Å²) in [5.74, 6) is 0.463. The number of halogens is 1. The summed E-state index contributed by atoms with van der Waals surface area (Å²) in [4.78, 5) is 0. The quantitative estimate of drug-likeness (QED) is 0.711. The van der Waals surface area contributed by atoms with Crippen LogP contribution in [0.25, 0.3) is 5.69 Å². The third kappa shape index (κ3) is 2.05. The number of hydrogen-bond acceptors (Lipinski definition) is 1. The molecule has 0 aliphatic carbocycles. The number of nitrogens with zero attached hydrogens (tertiary/aromatic N) is 2. The van der Waals surface area contributed by atoms with Crippen LogP contribution in [-0.4, -0.2) is 9.78 Å². The minimum absolute atomic E-state index is 0.463. The predicted octanol–water partition coefficient (Wildman–Crippen LogP) is 3.23. The summed E-state index contributed by atoms with van der Waals surface area (Å²) in [5, 5.41) is 4.42. The summed E-state index contributed by atoms with van der Waals surface area (Å²) in [6.07, 6.45) is 2.01. The molecule has 0 amide bonds. The molecule has 0 N–H and O–H groups in total. The van der Waals surface area contributed by atoms with Crippen molar-refractivity contribution in [2.75, 3.05) is 0 Å². The molecular formula is C12H13ClN2. The van der Waals surface area contributed by atoms with E-state index in [0.717, 1.165) is 16.9 Å². The van der Waals surface area contributed by atoms with Crippen LogP contribution in [0.15, 0.2) is 30.5 Å². The third-order valence-electron chi connectivity index (χ3n) is 2.39. The number of aromatic nitrogens is 2. The van der Waals surface area contributed by atoms with Gasteiger partial charge in [-0.2, -0.15) is 5.10 Å². The van der Waals surface area contributed by atoms with E-state index in [1.807, 2.05) is 29.9 Å². The van der Waals surface area contributed by atoms with Crippen LogP contribution in [0.1, 0.15) is 16.8 Å². The molecule has 15 heavy (non-hydrogen) atoms. The van der Waals surface area contributed by atoms with Crippen molar-refractivity contribution in [3.05, 3.63) is 47.3 Å². The van der Waals surface area contributed by atoms with Crippen molar-refractivity contribution in [2.45, 2.75) is 19.7 Å². The largest absolute Gasteiger partial charge is 0.240 e. The molecule has 0 bridgehead atoms. The standard InChI is InChI=1S/C12H13ClN2/c1-9-4-3-5-11(6-9)15-8-10(2)12(7-13)14-15/h3-6,8H,7H2,1-2H3. The Bertz CT molecular complexity index is 474. The number of alkyl halides is 1. The zero-order valence-electron chi connectivity index (χ0n) is 8.87. The molecule has 0 atom stereocenters. The van der Waals surface area contributed by atoms with Gasteiger partial charge in [0.05, 0.1) is 17.3 Å². The topological polar surface area (TPSA) is 17.8 Å². The maximum absolute atomic E-state index is 5.79. The average Bonchev–Trinajstić information content (AvgIpc) is 2.60. The lowest BCUT2D eigenvalue weighted by atomic mass is 10.2. The summed E-state index contributed by atoms with van der Waals surface area (Å²) in [7, 11) is 0. The van der Waals surface area contributed by atoms with Crippen molar-refractivity contribution >= 4 is 11.6 Å². The molecule has 0 saturated heterocycles. The molecule has 0 spiro atoms. The third-order valence-corrected chi connectivity index (χ3v) is 2.65. The molecule has 1 heterocycles. The van der Waals surface area contributed by atoms with Gasteiger partial charge in [0, 0.05) is 6.20 Å². The zero-order chi connectivity index (χ0) is 10.8. The molecule has 1 aromatic carbocycles. The molecule has 0 aliphatic heterocycles. The molecule has 2 nitrogen and oxygen atoms in total. The molecule has 0 radical (unpaired) electrons. The van der Waals surface area contributed by atoms with Crippen molar-refractivity contribution in [1.29, 1.82) is 0 Å².